The Morgan fingerprint density at radius 2 is 1.60 bits per heavy atom. The normalized spacial score (nSPS) is 14.1. The molecular weight excluding hydrogens is 536 g/mol. The minimum atomic E-state index is -4.10. The lowest BCUT2D eigenvalue weighted by Crippen LogP contribution is -2.14. The Hall–Kier alpha value is -4.51. The lowest BCUT2D eigenvalue weighted by atomic mass is 10.1. The molecule has 0 bridgehead atoms. The molecule has 0 saturated heterocycles. The number of ether oxygens (including phenoxy) is 1. The predicted molar refractivity (Wildman–Crippen MR) is 149 cm³/mol. The van der Waals surface area contributed by atoms with E-state index in [2.05, 4.69) is 19.3 Å². The number of halogens is 2. The van der Waals surface area contributed by atoms with E-state index in [1.807, 2.05) is 6.20 Å². The molecule has 0 aliphatic heterocycles. The lowest BCUT2D eigenvalue weighted by Gasteiger charge is -2.12. The molecule has 0 radical (unpaired) electrons. The number of nitrogens with zero attached hydrogens (tertiary/aromatic N) is 3. The van der Waals surface area contributed by atoms with E-state index in [0.717, 1.165) is 25.7 Å². The third kappa shape index (κ3) is 4.95. The van der Waals surface area contributed by atoms with E-state index >= 15 is 4.39 Å². The Morgan fingerprint density at radius 1 is 0.925 bits per heavy atom. The molecule has 0 spiro atoms. The van der Waals surface area contributed by atoms with Gasteiger partial charge in [0.25, 0.3) is 10.0 Å². The first-order valence-electron chi connectivity index (χ1n) is 12.8. The second-order valence-corrected chi connectivity index (χ2v) is 11.4. The van der Waals surface area contributed by atoms with Crippen molar-refractivity contribution in [3.8, 4) is 22.6 Å². The molecule has 3 aromatic carbocycles. The Balaban J connectivity index is 1.25. The standard InChI is InChI=1S/C29H25F2N5O3S/c30-19-6-8-21(9-7-19)39-22-10-12-23(13-11-22)40(37,38)35-26-14-5-18(15-25(26)31)24-16-36(20-3-1-2-4-20)29-27(24)28(32)33-17-34-29/h5-17,20,35H,1-4H2,(H2,32,33,34). The average Bonchev–Trinajstić information content (AvgIpc) is 3.60. The van der Waals surface area contributed by atoms with Gasteiger partial charge in [-0.05, 0) is 79.1 Å². The van der Waals surface area contributed by atoms with Gasteiger partial charge in [-0.3, -0.25) is 4.72 Å². The quantitative estimate of drug-likeness (QED) is 0.230. The van der Waals surface area contributed by atoms with Crippen molar-refractivity contribution in [2.75, 3.05) is 10.5 Å². The van der Waals surface area contributed by atoms with Crippen molar-refractivity contribution in [3.63, 3.8) is 0 Å². The molecule has 6 rings (SSSR count). The molecule has 8 nitrogen and oxygen atoms in total. The summed E-state index contributed by atoms with van der Waals surface area (Å²) < 4.78 is 64.4. The molecule has 0 atom stereocenters. The van der Waals surface area contributed by atoms with Crippen LogP contribution in [0.15, 0.2) is 84.1 Å². The molecule has 1 aliphatic carbocycles. The zero-order valence-corrected chi connectivity index (χ0v) is 22.0. The topological polar surface area (TPSA) is 112 Å². The van der Waals surface area contributed by atoms with E-state index in [1.165, 1.54) is 67.0 Å². The molecule has 3 N–H and O–H groups in total. The SMILES string of the molecule is Nc1ncnc2c1c(-c1ccc(NS(=O)(=O)c3ccc(Oc4ccc(F)cc4)cc3)c(F)c1)cn2C1CCCC1. The van der Waals surface area contributed by atoms with Crippen molar-refractivity contribution in [1.29, 1.82) is 0 Å². The first-order chi connectivity index (χ1) is 19.3. The molecule has 11 heteroatoms. The van der Waals surface area contributed by atoms with Crippen LogP contribution in [0.4, 0.5) is 20.3 Å². The summed E-state index contributed by atoms with van der Waals surface area (Å²) in [6.07, 6.45) is 7.68. The third-order valence-corrected chi connectivity index (χ3v) is 8.45. The average molecular weight is 562 g/mol. The molecule has 2 heterocycles. The van der Waals surface area contributed by atoms with Crippen LogP contribution in [0.3, 0.4) is 0 Å². The van der Waals surface area contributed by atoms with Crippen LogP contribution in [0, 0.1) is 11.6 Å². The second kappa shape index (κ2) is 10.2. The van der Waals surface area contributed by atoms with Gasteiger partial charge < -0.3 is 15.0 Å². The van der Waals surface area contributed by atoms with Gasteiger partial charge in [0, 0.05) is 17.8 Å². The number of nitrogens with two attached hydrogens (primary N) is 1. The molecule has 2 aromatic heterocycles. The zero-order valence-electron chi connectivity index (χ0n) is 21.2. The largest absolute Gasteiger partial charge is 0.457 e. The monoisotopic (exact) mass is 561 g/mol. The highest BCUT2D eigenvalue weighted by Crippen LogP contribution is 2.39. The predicted octanol–water partition coefficient (Wildman–Crippen LogP) is 6.67. The smallest absolute Gasteiger partial charge is 0.261 e. The van der Waals surface area contributed by atoms with Gasteiger partial charge in [-0.1, -0.05) is 18.9 Å². The molecule has 1 aliphatic rings. The number of benzene rings is 3. The summed E-state index contributed by atoms with van der Waals surface area (Å²) >= 11 is 0. The van der Waals surface area contributed by atoms with E-state index in [9.17, 15) is 12.8 Å². The van der Waals surface area contributed by atoms with Crippen LogP contribution < -0.4 is 15.2 Å². The fourth-order valence-electron chi connectivity index (χ4n) is 5.08. The highest BCUT2D eigenvalue weighted by Gasteiger charge is 2.24. The maximum Gasteiger partial charge on any atom is 0.261 e. The number of anilines is 2. The summed E-state index contributed by atoms with van der Waals surface area (Å²) in [7, 11) is -4.10. The summed E-state index contributed by atoms with van der Waals surface area (Å²) in [5.41, 5.74) is 7.93. The third-order valence-electron chi connectivity index (χ3n) is 7.06. The second-order valence-electron chi connectivity index (χ2n) is 9.67. The molecule has 204 valence electrons. The number of fused-ring (bicyclic) bond motifs is 1. The van der Waals surface area contributed by atoms with E-state index < -0.39 is 21.7 Å². The van der Waals surface area contributed by atoms with Gasteiger partial charge in [0.1, 0.15) is 40.9 Å². The molecule has 0 amide bonds. The van der Waals surface area contributed by atoms with Gasteiger partial charge in [-0.2, -0.15) is 0 Å². The van der Waals surface area contributed by atoms with E-state index in [4.69, 9.17) is 10.5 Å². The van der Waals surface area contributed by atoms with Crippen LogP contribution in [-0.2, 0) is 10.0 Å². The van der Waals surface area contributed by atoms with Crippen LogP contribution in [0.2, 0.25) is 0 Å². The number of hydrogen-bond donors (Lipinski definition) is 2. The van der Waals surface area contributed by atoms with Crippen molar-refractivity contribution in [1.82, 2.24) is 14.5 Å². The van der Waals surface area contributed by atoms with E-state index in [0.29, 0.717) is 39.5 Å². The van der Waals surface area contributed by atoms with Gasteiger partial charge in [0.2, 0.25) is 0 Å². The number of sulfonamides is 1. The Bertz CT molecular complexity index is 1800. The summed E-state index contributed by atoms with van der Waals surface area (Å²) in [6.45, 7) is 0. The van der Waals surface area contributed by atoms with Gasteiger partial charge in [0.05, 0.1) is 16.0 Å². The zero-order chi connectivity index (χ0) is 27.9. The fourth-order valence-corrected chi connectivity index (χ4v) is 6.15. The molecule has 1 fully saturated rings. The van der Waals surface area contributed by atoms with Gasteiger partial charge in [-0.15, -0.1) is 0 Å². The summed E-state index contributed by atoms with van der Waals surface area (Å²) in [6, 6.07) is 15.6. The van der Waals surface area contributed by atoms with Crippen molar-refractivity contribution < 1.29 is 21.9 Å². The number of nitrogen functional groups attached to an aromatic ring is 1. The van der Waals surface area contributed by atoms with E-state index in [1.54, 1.807) is 6.07 Å². The summed E-state index contributed by atoms with van der Waals surface area (Å²) in [5.74, 6) is -0.0736. The van der Waals surface area contributed by atoms with Gasteiger partial charge in [0.15, 0.2) is 0 Å². The van der Waals surface area contributed by atoms with Gasteiger partial charge in [-0.25, -0.2) is 27.2 Å². The van der Waals surface area contributed by atoms with Crippen LogP contribution in [0.25, 0.3) is 22.2 Å². The molecule has 1 saturated carbocycles. The molecule has 5 aromatic rings. The van der Waals surface area contributed by atoms with Crippen molar-refractivity contribution in [2.45, 2.75) is 36.6 Å². The van der Waals surface area contributed by atoms with Crippen molar-refractivity contribution in [2.24, 2.45) is 0 Å². The maximum absolute atomic E-state index is 15.3. The van der Waals surface area contributed by atoms with Gasteiger partial charge >= 0.3 is 0 Å². The number of nitrogens with one attached hydrogen (secondary N) is 1. The number of hydrogen-bond acceptors (Lipinski definition) is 6. The molecule has 40 heavy (non-hydrogen) atoms. The summed E-state index contributed by atoms with van der Waals surface area (Å²) in [5, 5.41) is 0.644. The van der Waals surface area contributed by atoms with Crippen LogP contribution in [0.1, 0.15) is 31.7 Å². The minimum absolute atomic E-state index is 0.0769. The Labute approximate surface area is 229 Å². The Kier molecular flexibility index (Phi) is 6.59. The Morgan fingerprint density at radius 3 is 2.27 bits per heavy atom. The van der Waals surface area contributed by atoms with Crippen molar-refractivity contribution >= 4 is 32.6 Å². The lowest BCUT2D eigenvalue weighted by molar-refractivity contribution is 0.480. The maximum atomic E-state index is 15.3. The fraction of sp³-hybridized carbons (Fsp3) is 0.172. The molecular formula is C29H25F2N5O3S. The highest BCUT2D eigenvalue weighted by molar-refractivity contribution is 7.92. The molecule has 0 unspecified atom stereocenters. The van der Waals surface area contributed by atoms with Crippen LogP contribution >= 0.6 is 0 Å². The van der Waals surface area contributed by atoms with Crippen LogP contribution in [0.5, 0.6) is 11.5 Å². The number of rotatable bonds is 7. The minimum Gasteiger partial charge on any atom is -0.457 e. The summed E-state index contributed by atoms with van der Waals surface area (Å²) in [4.78, 5) is 8.51. The first kappa shape index (κ1) is 25.8. The number of aromatic nitrogens is 3. The first-order valence-corrected chi connectivity index (χ1v) is 14.2. The highest BCUT2D eigenvalue weighted by atomic mass is 32.2. The van der Waals surface area contributed by atoms with Crippen LogP contribution in [-0.4, -0.2) is 23.0 Å². The van der Waals surface area contributed by atoms with E-state index in [-0.39, 0.29) is 16.6 Å². The van der Waals surface area contributed by atoms with Crippen molar-refractivity contribution in [3.05, 3.63) is 90.9 Å².